The fourth-order valence-electron chi connectivity index (χ4n) is 3.62. The highest BCUT2D eigenvalue weighted by Crippen LogP contribution is 2.51. The van der Waals surface area contributed by atoms with Crippen molar-refractivity contribution in [3.8, 4) is 0 Å². The molecule has 2 heterocycles. The van der Waals surface area contributed by atoms with E-state index < -0.39 is 0 Å². The van der Waals surface area contributed by atoms with Crippen LogP contribution in [-0.4, -0.2) is 19.5 Å². The summed E-state index contributed by atoms with van der Waals surface area (Å²) in [5.41, 5.74) is 1.62. The summed E-state index contributed by atoms with van der Waals surface area (Å²) in [4.78, 5) is 12.7. The highest BCUT2D eigenvalue weighted by molar-refractivity contribution is 6.33. The predicted molar refractivity (Wildman–Crippen MR) is 64.8 cm³/mol. The van der Waals surface area contributed by atoms with E-state index in [1.165, 1.54) is 32.0 Å². The number of halogens is 1. The first-order valence-corrected chi connectivity index (χ1v) is 6.54. The normalized spacial score (nSPS) is 31.5. The molecule has 3 unspecified atom stereocenters. The number of aromatic nitrogens is 4. The van der Waals surface area contributed by atoms with Crippen LogP contribution in [0.3, 0.4) is 0 Å². The van der Waals surface area contributed by atoms with Crippen LogP contribution in [0.5, 0.6) is 0 Å². The minimum atomic E-state index is 0.455. The van der Waals surface area contributed by atoms with Crippen molar-refractivity contribution < 1.29 is 0 Å². The van der Waals surface area contributed by atoms with Crippen molar-refractivity contribution >= 4 is 22.8 Å². The second kappa shape index (κ2) is 3.42. The Morgan fingerprint density at radius 1 is 1.18 bits per heavy atom. The molecule has 2 fully saturated rings. The molecular formula is C12H13ClN4. The molecule has 3 atom stereocenters. The molecule has 2 aromatic heterocycles. The Hall–Kier alpha value is -1.16. The van der Waals surface area contributed by atoms with E-state index in [0.29, 0.717) is 11.2 Å². The topological polar surface area (TPSA) is 43.6 Å². The van der Waals surface area contributed by atoms with Crippen LogP contribution in [0.25, 0.3) is 11.2 Å². The molecule has 17 heavy (non-hydrogen) atoms. The van der Waals surface area contributed by atoms with Crippen molar-refractivity contribution in [3.63, 3.8) is 0 Å². The van der Waals surface area contributed by atoms with Crippen LogP contribution in [0.4, 0.5) is 0 Å². The van der Waals surface area contributed by atoms with Crippen molar-refractivity contribution in [3.05, 3.63) is 17.8 Å². The SMILES string of the molecule is Clc1ncnc2c1ncn2C1CC2CCC1C2. The van der Waals surface area contributed by atoms with E-state index >= 15 is 0 Å². The van der Waals surface area contributed by atoms with Gasteiger partial charge in [-0.15, -0.1) is 0 Å². The smallest absolute Gasteiger partial charge is 0.165 e. The zero-order chi connectivity index (χ0) is 11.4. The summed E-state index contributed by atoms with van der Waals surface area (Å²) in [6.45, 7) is 0. The van der Waals surface area contributed by atoms with Gasteiger partial charge in [-0.05, 0) is 31.1 Å². The van der Waals surface area contributed by atoms with E-state index in [1.54, 1.807) is 0 Å². The molecule has 2 aliphatic rings. The van der Waals surface area contributed by atoms with Crippen molar-refractivity contribution in [2.45, 2.75) is 31.7 Å². The lowest BCUT2D eigenvalue weighted by atomic mass is 9.95. The van der Waals surface area contributed by atoms with Gasteiger partial charge in [0, 0.05) is 6.04 Å². The van der Waals surface area contributed by atoms with E-state index in [9.17, 15) is 0 Å². The molecule has 0 aromatic carbocycles. The van der Waals surface area contributed by atoms with Gasteiger partial charge >= 0.3 is 0 Å². The Labute approximate surface area is 104 Å². The highest BCUT2D eigenvalue weighted by Gasteiger charge is 2.41. The summed E-state index contributed by atoms with van der Waals surface area (Å²) in [5.74, 6) is 1.73. The van der Waals surface area contributed by atoms with Crippen LogP contribution < -0.4 is 0 Å². The molecule has 0 radical (unpaired) electrons. The third kappa shape index (κ3) is 1.33. The summed E-state index contributed by atoms with van der Waals surface area (Å²) < 4.78 is 2.22. The fraction of sp³-hybridized carbons (Fsp3) is 0.583. The molecule has 4 nitrogen and oxygen atoms in total. The van der Waals surface area contributed by atoms with Crippen LogP contribution in [0, 0.1) is 11.8 Å². The lowest BCUT2D eigenvalue weighted by molar-refractivity contribution is 0.334. The van der Waals surface area contributed by atoms with Crippen LogP contribution >= 0.6 is 11.6 Å². The summed E-state index contributed by atoms with van der Waals surface area (Å²) >= 11 is 6.03. The summed E-state index contributed by atoms with van der Waals surface area (Å²) in [7, 11) is 0. The van der Waals surface area contributed by atoms with E-state index in [0.717, 1.165) is 23.0 Å². The molecular weight excluding hydrogens is 236 g/mol. The second-order valence-electron chi connectivity index (χ2n) is 5.23. The summed E-state index contributed by atoms with van der Waals surface area (Å²) in [6, 6.07) is 0.574. The number of rotatable bonds is 1. The van der Waals surface area contributed by atoms with Crippen LogP contribution in [0.1, 0.15) is 31.7 Å². The molecule has 0 aliphatic heterocycles. The molecule has 2 bridgehead atoms. The second-order valence-corrected chi connectivity index (χ2v) is 5.59. The Balaban J connectivity index is 1.84. The number of fused-ring (bicyclic) bond motifs is 3. The molecule has 0 spiro atoms. The third-order valence-corrected chi connectivity index (χ3v) is 4.65. The van der Waals surface area contributed by atoms with Crippen molar-refractivity contribution in [2.75, 3.05) is 0 Å². The Morgan fingerprint density at radius 3 is 2.88 bits per heavy atom. The van der Waals surface area contributed by atoms with Crippen LogP contribution in [-0.2, 0) is 0 Å². The predicted octanol–water partition coefficient (Wildman–Crippen LogP) is 2.84. The van der Waals surface area contributed by atoms with E-state index in [1.807, 2.05) is 6.33 Å². The van der Waals surface area contributed by atoms with Gasteiger partial charge in [-0.2, -0.15) is 0 Å². The van der Waals surface area contributed by atoms with Crippen LogP contribution in [0.2, 0.25) is 5.15 Å². The first-order chi connectivity index (χ1) is 8.33. The first-order valence-electron chi connectivity index (χ1n) is 6.16. The van der Waals surface area contributed by atoms with Gasteiger partial charge in [-0.25, -0.2) is 15.0 Å². The van der Waals surface area contributed by atoms with Gasteiger partial charge in [-0.3, -0.25) is 0 Å². The zero-order valence-electron chi connectivity index (χ0n) is 9.38. The number of imidazole rings is 1. The number of nitrogens with zero attached hydrogens (tertiary/aromatic N) is 4. The maximum atomic E-state index is 6.03. The monoisotopic (exact) mass is 248 g/mol. The van der Waals surface area contributed by atoms with Crippen molar-refractivity contribution in [2.24, 2.45) is 11.8 Å². The minimum Gasteiger partial charge on any atom is -0.312 e. The molecule has 2 aliphatic carbocycles. The molecule has 0 amide bonds. The van der Waals surface area contributed by atoms with Crippen LogP contribution in [0.15, 0.2) is 12.7 Å². The zero-order valence-corrected chi connectivity index (χ0v) is 10.1. The lowest BCUT2D eigenvalue weighted by Crippen LogP contribution is -2.15. The molecule has 2 saturated carbocycles. The quantitative estimate of drug-likeness (QED) is 0.729. The van der Waals surface area contributed by atoms with Gasteiger partial charge in [0.15, 0.2) is 10.8 Å². The number of hydrogen-bond acceptors (Lipinski definition) is 3. The fourth-order valence-corrected chi connectivity index (χ4v) is 3.79. The maximum absolute atomic E-state index is 6.03. The van der Waals surface area contributed by atoms with Gasteiger partial charge in [0.05, 0.1) is 6.33 Å². The van der Waals surface area contributed by atoms with Crippen molar-refractivity contribution in [1.82, 2.24) is 19.5 Å². The number of hydrogen-bond donors (Lipinski definition) is 0. The molecule has 0 N–H and O–H groups in total. The van der Waals surface area contributed by atoms with E-state index in [-0.39, 0.29) is 0 Å². The lowest BCUT2D eigenvalue weighted by Gasteiger charge is -2.23. The Kier molecular flexibility index (Phi) is 1.98. The Morgan fingerprint density at radius 2 is 2.12 bits per heavy atom. The van der Waals surface area contributed by atoms with Gasteiger partial charge < -0.3 is 4.57 Å². The van der Waals surface area contributed by atoms with Gasteiger partial charge in [0.2, 0.25) is 0 Å². The van der Waals surface area contributed by atoms with Gasteiger partial charge in [0.25, 0.3) is 0 Å². The highest BCUT2D eigenvalue weighted by atomic mass is 35.5. The maximum Gasteiger partial charge on any atom is 0.165 e. The average Bonchev–Trinajstić information content (AvgIpc) is 3.03. The van der Waals surface area contributed by atoms with Crippen molar-refractivity contribution in [1.29, 1.82) is 0 Å². The van der Waals surface area contributed by atoms with E-state index in [2.05, 4.69) is 19.5 Å². The van der Waals surface area contributed by atoms with Gasteiger partial charge in [0.1, 0.15) is 11.8 Å². The molecule has 4 rings (SSSR count). The largest absolute Gasteiger partial charge is 0.312 e. The molecule has 0 saturated heterocycles. The first kappa shape index (κ1) is 9.83. The molecule has 5 heteroatoms. The van der Waals surface area contributed by atoms with Gasteiger partial charge in [-0.1, -0.05) is 18.0 Å². The molecule has 88 valence electrons. The third-order valence-electron chi connectivity index (χ3n) is 4.37. The molecule has 2 aromatic rings. The average molecular weight is 249 g/mol. The van der Waals surface area contributed by atoms with E-state index in [4.69, 9.17) is 11.6 Å². The standard InChI is InChI=1S/C12H13ClN4/c13-11-10-12(15-5-14-11)17(6-16-10)9-4-7-1-2-8(9)3-7/h5-9H,1-4H2. The minimum absolute atomic E-state index is 0.455. The summed E-state index contributed by atoms with van der Waals surface area (Å²) in [6.07, 6.45) is 8.82. The Bertz CT molecular complexity index is 579. The summed E-state index contributed by atoms with van der Waals surface area (Å²) in [5, 5.41) is 0.455.